The van der Waals surface area contributed by atoms with E-state index in [1.165, 1.54) is 0 Å². The number of aliphatic carboxylic acids is 1. The highest BCUT2D eigenvalue weighted by molar-refractivity contribution is 5.78. The van der Waals surface area contributed by atoms with E-state index in [-0.39, 0.29) is 18.2 Å². The molecule has 1 aliphatic rings. The van der Waals surface area contributed by atoms with Crippen molar-refractivity contribution in [2.75, 3.05) is 39.8 Å². The first-order valence-corrected chi connectivity index (χ1v) is 6.95. The summed E-state index contributed by atoms with van der Waals surface area (Å²) in [6.45, 7) is 3.04. The lowest BCUT2D eigenvalue weighted by Gasteiger charge is -2.34. The van der Waals surface area contributed by atoms with Gasteiger partial charge in [0.25, 0.3) is 0 Å². The van der Waals surface area contributed by atoms with Gasteiger partial charge in [0.05, 0.1) is 6.54 Å². The number of likely N-dealkylation sites (N-methyl/N-ethyl adjacent to an activating group) is 1. The lowest BCUT2D eigenvalue weighted by Crippen LogP contribution is -2.50. The molecule has 0 spiro atoms. The molecular formula is C13H23N3O4. The monoisotopic (exact) mass is 285 g/mol. The van der Waals surface area contributed by atoms with Crippen LogP contribution in [0, 0.1) is 0 Å². The van der Waals surface area contributed by atoms with E-state index in [1.54, 1.807) is 11.9 Å². The van der Waals surface area contributed by atoms with E-state index in [0.29, 0.717) is 52.0 Å². The zero-order chi connectivity index (χ0) is 15.0. The molecule has 2 amide bonds. The van der Waals surface area contributed by atoms with Crippen molar-refractivity contribution in [1.29, 1.82) is 0 Å². The quantitative estimate of drug-likeness (QED) is 0.617. The third-order valence-corrected chi connectivity index (χ3v) is 3.40. The van der Waals surface area contributed by atoms with Crippen LogP contribution in [0.3, 0.4) is 0 Å². The number of unbranched alkanes of at least 4 members (excludes halogenated alkanes) is 1. The van der Waals surface area contributed by atoms with Crippen LogP contribution >= 0.6 is 0 Å². The molecule has 20 heavy (non-hydrogen) atoms. The van der Waals surface area contributed by atoms with Gasteiger partial charge in [-0.1, -0.05) is 0 Å². The summed E-state index contributed by atoms with van der Waals surface area (Å²) in [6.07, 6.45) is 1.68. The number of carbonyl (C=O) groups is 3. The van der Waals surface area contributed by atoms with Crippen LogP contribution < -0.4 is 5.32 Å². The Morgan fingerprint density at radius 3 is 2.20 bits per heavy atom. The fraction of sp³-hybridized carbons (Fsp3) is 0.769. The van der Waals surface area contributed by atoms with Gasteiger partial charge in [-0.05, 0) is 12.8 Å². The normalized spacial score (nSPS) is 15.9. The van der Waals surface area contributed by atoms with Crippen LogP contribution in [-0.4, -0.2) is 72.5 Å². The molecule has 0 atom stereocenters. The minimum absolute atomic E-state index is 0.0153. The molecule has 7 heteroatoms. The molecule has 0 aliphatic carbocycles. The van der Waals surface area contributed by atoms with E-state index >= 15 is 0 Å². The molecule has 7 nitrogen and oxygen atoms in total. The molecule has 0 bridgehead atoms. The SMILES string of the molecule is CNC(=O)CN1CCN(C(=O)CCCCC(=O)O)CC1. The van der Waals surface area contributed by atoms with E-state index in [4.69, 9.17) is 5.11 Å². The molecule has 1 saturated heterocycles. The minimum atomic E-state index is -0.819. The van der Waals surface area contributed by atoms with Crippen molar-refractivity contribution >= 4 is 17.8 Å². The summed E-state index contributed by atoms with van der Waals surface area (Å²) < 4.78 is 0. The smallest absolute Gasteiger partial charge is 0.303 e. The van der Waals surface area contributed by atoms with Crippen molar-refractivity contribution in [1.82, 2.24) is 15.1 Å². The minimum Gasteiger partial charge on any atom is -0.481 e. The molecule has 2 N–H and O–H groups in total. The number of hydrogen-bond acceptors (Lipinski definition) is 4. The summed E-state index contributed by atoms with van der Waals surface area (Å²) in [7, 11) is 1.61. The van der Waals surface area contributed by atoms with Gasteiger partial charge in [0.1, 0.15) is 0 Å². The molecule has 0 radical (unpaired) electrons. The zero-order valence-corrected chi connectivity index (χ0v) is 11.9. The number of carboxylic acids is 1. The van der Waals surface area contributed by atoms with Crippen LogP contribution in [0.1, 0.15) is 25.7 Å². The number of hydrogen-bond donors (Lipinski definition) is 2. The summed E-state index contributed by atoms with van der Waals surface area (Å²) >= 11 is 0. The van der Waals surface area contributed by atoms with Crippen molar-refractivity contribution in [2.45, 2.75) is 25.7 Å². The Hall–Kier alpha value is -1.63. The fourth-order valence-corrected chi connectivity index (χ4v) is 2.15. The van der Waals surface area contributed by atoms with Crippen LogP contribution in [0.15, 0.2) is 0 Å². The highest BCUT2D eigenvalue weighted by Crippen LogP contribution is 2.07. The van der Waals surface area contributed by atoms with Crippen LogP contribution in [0.25, 0.3) is 0 Å². The first kappa shape index (κ1) is 16.4. The average Bonchev–Trinajstić information content (AvgIpc) is 2.43. The number of nitrogens with zero attached hydrogens (tertiary/aromatic N) is 2. The lowest BCUT2D eigenvalue weighted by atomic mass is 10.1. The van der Waals surface area contributed by atoms with Gasteiger partial charge >= 0.3 is 5.97 Å². The van der Waals surface area contributed by atoms with E-state index < -0.39 is 5.97 Å². The van der Waals surface area contributed by atoms with Crippen molar-refractivity contribution in [3.8, 4) is 0 Å². The van der Waals surface area contributed by atoms with Gasteiger partial charge in [-0.3, -0.25) is 19.3 Å². The second-order valence-corrected chi connectivity index (χ2v) is 4.93. The summed E-state index contributed by atoms with van der Waals surface area (Å²) in [6, 6.07) is 0. The topological polar surface area (TPSA) is 90.0 Å². The predicted octanol–water partition coefficient (Wildman–Crippen LogP) is -0.478. The molecule has 1 heterocycles. The van der Waals surface area contributed by atoms with E-state index in [2.05, 4.69) is 5.32 Å². The molecule has 1 rings (SSSR count). The third kappa shape index (κ3) is 6.01. The molecule has 0 aromatic carbocycles. The van der Waals surface area contributed by atoms with E-state index in [0.717, 1.165) is 0 Å². The van der Waals surface area contributed by atoms with Gasteiger partial charge in [0, 0.05) is 46.1 Å². The van der Waals surface area contributed by atoms with Gasteiger partial charge < -0.3 is 15.3 Å². The van der Waals surface area contributed by atoms with E-state index in [1.807, 2.05) is 4.90 Å². The Morgan fingerprint density at radius 1 is 1.05 bits per heavy atom. The maximum absolute atomic E-state index is 11.9. The Balaban J connectivity index is 2.18. The largest absolute Gasteiger partial charge is 0.481 e. The zero-order valence-electron chi connectivity index (χ0n) is 11.9. The van der Waals surface area contributed by atoms with Crippen molar-refractivity contribution < 1.29 is 19.5 Å². The summed E-state index contributed by atoms with van der Waals surface area (Å²) in [4.78, 5) is 37.3. The second-order valence-electron chi connectivity index (χ2n) is 4.93. The van der Waals surface area contributed by atoms with Crippen molar-refractivity contribution in [3.63, 3.8) is 0 Å². The number of carboxylic acid groups (broad SMARTS) is 1. The standard InChI is InChI=1S/C13H23N3O4/c1-14-11(17)10-15-6-8-16(9-7-15)12(18)4-2-3-5-13(19)20/h2-10H2,1H3,(H,14,17)(H,19,20). The molecule has 1 fully saturated rings. The predicted molar refractivity (Wildman–Crippen MR) is 73.2 cm³/mol. The van der Waals surface area contributed by atoms with Crippen LogP contribution in [0.2, 0.25) is 0 Å². The number of amides is 2. The highest BCUT2D eigenvalue weighted by atomic mass is 16.4. The Morgan fingerprint density at radius 2 is 1.65 bits per heavy atom. The van der Waals surface area contributed by atoms with Crippen LogP contribution in [0.4, 0.5) is 0 Å². The third-order valence-electron chi connectivity index (χ3n) is 3.40. The Kier molecular flexibility index (Phi) is 7.00. The second kappa shape index (κ2) is 8.52. The number of piperazine rings is 1. The first-order valence-electron chi connectivity index (χ1n) is 6.95. The number of nitrogens with one attached hydrogen (secondary N) is 1. The highest BCUT2D eigenvalue weighted by Gasteiger charge is 2.21. The average molecular weight is 285 g/mol. The molecule has 114 valence electrons. The number of rotatable bonds is 7. The molecule has 1 aliphatic heterocycles. The van der Waals surface area contributed by atoms with Gasteiger partial charge in [-0.15, -0.1) is 0 Å². The number of carbonyl (C=O) groups excluding carboxylic acids is 2. The summed E-state index contributed by atoms with van der Waals surface area (Å²) in [5.41, 5.74) is 0. The molecule has 0 saturated carbocycles. The van der Waals surface area contributed by atoms with Gasteiger partial charge in [0.2, 0.25) is 11.8 Å². The van der Waals surface area contributed by atoms with Gasteiger partial charge in [-0.2, -0.15) is 0 Å². The Labute approximate surface area is 118 Å². The van der Waals surface area contributed by atoms with Crippen LogP contribution in [0.5, 0.6) is 0 Å². The molecule has 0 aromatic heterocycles. The van der Waals surface area contributed by atoms with Crippen molar-refractivity contribution in [3.05, 3.63) is 0 Å². The molecular weight excluding hydrogens is 262 g/mol. The maximum atomic E-state index is 11.9. The maximum Gasteiger partial charge on any atom is 0.303 e. The first-order chi connectivity index (χ1) is 9.52. The van der Waals surface area contributed by atoms with Crippen molar-refractivity contribution in [2.24, 2.45) is 0 Å². The fourth-order valence-electron chi connectivity index (χ4n) is 2.15. The molecule has 0 unspecified atom stereocenters. The van der Waals surface area contributed by atoms with E-state index in [9.17, 15) is 14.4 Å². The van der Waals surface area contributed by atoms with Gasteiger partial charge in [-0.25, -0.2) is 0 Å². The summed E-state index contributed by atoms with van der Waals surface area (Å²) in [5.74, 6) is -0.756. The lowest BCUT2D eigenvalue weighted by molar-refractivity contribution is -0.138. The summed E-state index contributed by atoms with van der Waals surface area (Å²) in [5, 5.41) is 11.1. The Bertz CT molecular complexity index is 352. The van der Waals surface area contributed by atoms with Gasteiger partial charge in [0.15, 0.2) is 0 Å². The molecule has 0 aromatic rings. The van der Waals surface area contributed by atoms with Crippen LogP contribution in [-0.2, 0) is 14.4 Å².